The number of ether oxygens (including phenoxy) is 1. The van der Waals surface area contributed by atoms with E-state index in [1.807, 2.05) is 4.72 Å². The van der Waals surface area contributed by atoms with Gasteiger partial charge in [-0.15, -0.1) is 0 Å². The second-order valence-corrected chi connectivity index (χ2v) is 7.10. The third-order valence-corrected chi connectivity index (χ3v) is 4.83. The number of pyridine rings is 1. The van der Waals surface area contributed by atoms with Crippen LogP contribution in [0.3, 0.4) is 0 Å². The lowest BCUT2D eigenvalue weighted by Crippen LogP contribution is -2.15. The number of benzene rings is 2. The molecule has 3 rings (SSSR count). The van der Waals surface area contributed by atoms with E-state index >= 15 is 0 Å². The molecular formula is C20H15F2N3O3S. The molecule has 9 heteroatoms. The molecule has 1 N–H and O–H groups in total. The second kappa shape index (κ2) is 7.85. The molecule has 0 bridgehead atoms. The maximum atomic E-state index is 14.8. The summed E-state index contributed by atoms with van der Waals surface area (Å²) in [6.07, 6.45) is 0.738. The Morgan fingerprint density at radius 1 is 1.17 bits per heavy atom. The van der Waals surface area contributed by atoms with Crippen molar-refractivity contribution >= 4 is 21.5 Å². The number of halogens is 2. The fraction of sp³-hybridized carbons (Fsp3) is 0.100. The van der Waals surface area contributed by atoms with Crippen LogP contribution in [-0.4, -0.2) is 13.4 Å². The minimum atomic E-state index is -4.55. The van der Waals surface area contributed by atoms with Gasteiger partial charge in [0, 0.05) is 14.3 Å². The van der Waals surface area contributed by atoms with E-state index in [0.29, 0.717) is 6.07 Å². The minimum absolute atomic E-state index is 0.298. The summed E-state index contributed by atoms with van der Waals surface area (Å²) >= 11 is 0. The van der Waals surface area contributed by atoms with Gasteiger partial charge in [-0.3, -0.25) is 4.72 Å². The monoisotopic (exact) mass is 423 g/mol. The number of hydrogen-bond acceptors (Lipinski definition) is 4. The van der Waals surface area contributed by atoms with Crippen molar-refractivity contribution in [1.82, 2.24) is 4.98 Å². The van der Waals surface area contributed by atoms with Gasteiger partial charge in [-0.25, -0.2) is 27.0 Å². The molecule has 2 aromatic carbocycles. The zero-order valence-corrected chi connectivity index (χ0v) is 15.1. The SMILES string of the molecule is [2H]c1c(Oc2ccc(S(=O)(=O)Nc3ccc(F)cn3)c(F)c2)c([2H])c(C([2H])([2H])[2H])c([N+]#[C-])c1C([2H])([2H])[2H]. The summed E-state index contributed by atoms with van der Waals surface area (Å²) in [6.45, 7) is 0.988. The molecule has 6 nitrogen and oxygen atoms in total. The fourth-order valence-electron chi connectivity index (χ4n) is 2.17. The molecule has 0 radical (unpaired) electrons. The molecule has 0 aliphatic carbocycles. The number of anilines is 1. The molecule has 3 aromatic rings. The van der Waals surface area contributed by atoms with Crippen molar-refractivity contribution in [2.75, 3.05) is 4.72 Å². The smallest absolute Gasteiger partial charge is 0.265 e. The molecule has 0 unspecified atom stereocenters. The molecule has 0 atom stereocenters. The van der Waals surface area contributed by atoms with Crippen molar-refractivity contribution in [1.29, 1.82) is 0 Å². The average Bonchev–Trinajstić information content (AvgIpc) is 2.75. The summed E-state index contributed by atoms with van der Waals surface area (Å²) in [7, 11) is -4.55. The standard InChI is InChI=1S/C20H15F2N3O3S/c1-12-8-16(9-13(2)20(12)23-3)28-15-5-6-18(17(22)10-15)29(26,27)25-19-7-4-14(21)11-24-19/h4-11H,1-2H3,(H,24,25)/i1D3,2D3,8D,9D. The van der Waals surface area contributed by atoms with Crippen LogP contribution in [0.1, 0.15) is 22.1 Å². The summed E-state index contributed by atoms with van der Waals surface area (Å²) in [6, 6.07) is 2.20. The maximum Gasteiger partial charge on any atom is 0.265 e. The summed E-state index contributed by atoms with van der Waals surface area (Å²) < 4.78 is 122. The lowest BCUT2D eigenvalue weighted by Gasteiger charge is -2.12. The molecule has 0 aliphatic heterocycles. The Bertz CT molecular complexity index is 1480. The predicted molar refractivity (Wildman–Crippen MR) is 104 cm³/mol. The Kier molecular flexibility index (Phi) is 3.29. The van der Waals surface area contributed by atoms with Crippen LogP contribution >= 0.6 is 0 Å². The summed E-state index contributed by atoms with van der Waals surface area (Å²) in [5.41, 5.74) is -2.83. The molecular weight excluding hydrogens is 400 g/mol. The lowest BCUT2D eigenvalue weighted by atomic mass is 10.1. The highest BCUT2D eigenvalue weighted by Crippen LogP contribution is 2.32. The summed E-state index contributed by atoms with van der Waals surface area (Å²) in [4.78, 5) is 5.58. The van der Waals surface area contributed by atoms with Crippen LogP contribution in [0.15, 0.2) is 53.5 Å². The van der Waals surface area contributed by atoms with E-state index in [4.69, 9.17) is 22.3 Å². The zero-order valence-electron chi connectivity index (χ0n) is 22.2. The van der Waals surface area contributed by atoms with Crippen LogP contribution in [0.4, 0.5) is 20.3 Å². The van der Waals surface area contributed by atoms with Crippen molar-refractivity contribution in [3.63, 3.8) is 0 Å². The first-order valence-electron chi connectivity index (χ1n) is 11.6. The zero-order chi connectivity index (χ0) is 27.9. The number of hydrogen-bond donors (Lipinski definition) is 1. The van der Waals surface area contributed by atoms with E-state index < -0.39 is 80.7 Å². The van der Waals surface area contributed by atoms with Gasteiger partial charge in [0.15, 0.2) is 5.69 Å². The molecule has 0 saturated carbocycles. The summed E-state index contributed by atoms with van der Waals surface area (Å²) in [5.74, 6) is -3.77. The highest BCUT2D eigenvalue weighted by atomic mass is 32.2. The van der Waals surface area contributed by atoms with Crippen molar-refractivity contribution < 1.29 is 32.9 Å². The van der Waals surface area contributed by atoms with Gasteiger partial charge in [0.25, 0.3) is 10.0 Å². The fourth-order valence-corrected chi connectivity index (χ4v) is 3.24. The van der Waals surface area contributed by atoms with E-state index in [9.17, 15) is 17.2 Å². The average molecular weight is 423 g/mol. The number of nitrogens with zero attached hydrogens (tertiary/aromatic N) is 2. The van der Waals surface area contributed by atoms with Crippen LogP contribution < -0.4 is 9.46 Å². The van der Waals surface area contributed by atoms with Crippen molar-refractivity contribution in [2.45, 2.75) is 18.6 Å². The van der Waals surface area contributed by atoms with Gasteiger partial charge in [-0.2, -0.15) is 0 Å². The Labute approximate surface area is 177 Å². The van der Waals surface area contributed by atoms with Crippen molar-refractivity contribution in [2.24, 2.45) is 0 Å². The molecule has 1 aromatic heterocycles. The Hall–Kier alpha value is -3.51. The predicted octanol–water partition coefficient (Wildman–Crippen LogP) is 5.12. The highest BCUT2D eigenvalue weighted by Gasteiger charge is 2.20. The van der Waals surface area contributed by atoms with E-state index in [0.717, 1.165) is 30.5 Å². The van der Waals surface area contributed by atoms with E-state index in [1.54, 1.807) is 0 Å². The van der Waals surface area contributed by atoms with Crippen molar-refractivity contribution in [3.05, 3.63) is 82.8 Å². The molecule has 0 spiro atoms. The van der Waals surface area contributed by atoms with Gasteiger partial charge in [-0.1, -0.05) is 0 Å². The quantitative estimate of drug-likeness (QED) is 0.578. The first-order chi connectivity index (χ1) is 17.0. The van der Waals surface area contributed by atoms with Crippen molar-refractivity contribution in [3.8, 4) is 11.5 Å². The van der Waals surface area contributed by atoms with Crippen LogP contribution in [0.5, 0.6) is 11.5 Å². The first-order valence-corrected chi connectivity index (χ1v) is 9.13. The van der Waals surface area contributed by atoms with Crippen LogP contribution in [0, 0.1) is 31.9 Å². The number of aromatic nitrogens is 1. The third-order valence-electron chi connectivity index (χ3n) is 3.44. The third kappa shape index (κ3) is 4.50. The Balaban J connectivity index is 2.09. The second-order valence-electron chi connectivity index (χ2n) is 5.45. The molecule has 148 valence electrons. The van der Waals surface area contributed by atoms with Gasteiger partial charge in [0.1, 0.15) is 33.8 Å². The van der Waals surface area contributed by atoms with Crippen LogP contribution in [0.25, 0.3) is 4.85 Å². The van der Waals surface area contributed by atoms with E-state index in [2.05, 4.69) is 9.83 Å². The first kappa shape index (κ1) is 12.1. The van der Waals surface area contributed by atoms with E-state index in [-0.39, 0.29) is 5.82 Å². The Morgan fingerprint density at radius 2 is 1.90 bits per heavy atom. The minimum Gasteiger partial charge on any atom is -0.457 e. The topological polar surface area (TPSA) is 72.7 Å². The number of nitrogens with one attached hydrogen (secondary N) is 1. The van der Waals surface area contributed by atoms with Crippen LogP contribution in [0.2, 0.25) is 0 Å². The highest BCUT2D eigenvalue weighted by molar-refractivity contribution is 7.92. The largest absolute Gasteiger partial charge is 0.457 e. The van der Waals surface area contributed by atoms with Gasteiger partial charge in [0.05, 0.1) is 15.5 Å². The summed E-state index contributed by atoms with van der Waals surface area (Å²) in [5, 5.41) is 0. The van der Waals surface area contributed by atoms with E-state index in [1.165, 1.54) is 0 Å². The molecule has 0 aliphatic rings. The number of sulfonamides is 1. The molecule has 0 saturated heterocycles. The Morgan fingerprint density at radius 3 is 2.45 bits per heavy atom. The van der Waals surface area contributed by atoms with Gasteiger partial charge in [-0.05, 0) is 61.2 Å². The molecule has 0 amide bonds. The molecule has 1 heterocycles. The van der Waals surface area contributed by atoms with Gasteiger partial charge >= 0.3 is 0 Å². The van der Waals surface area contributed by atoms with Gasteiger partial charge < -0.3 is 4.74 Å². The van der Waals surface area contributed by atoms with Crippen LogP contribution in [-0.2, 0) is 10.0 Å². The molecule has 29 heavy (non-hydrogen) atoms. The molecule has 0 fully saturated rings. The van der Waals surface area contributed by atoms with Gasteiger partial charge in [0.2, 0.25) is 0 Å². The lowest BCUT2D eigenvalue weighted by molar-refractivity contribution is 0.473. The maximum absolute atomic E-state index is 14.8. The number of rotatable bonds is 5. The normalized spacial score (nSPS) is 15.9.